The Morgan fingerprint density at radius 2 is 2.11 bits per heavy atom. The van der Waals surface area contributed by atoms with Crippen LogP contribution in [0.2, 0.25) is 0 Å². The van der Waals surface area contributed by atoms with Gasteiger partial charge in [0, 0.05) is 13.2 Å². The van der Waals surface area contributed by atoms with E-state index in [0.29, 0.717) is 24.4 Å². The van der Waals surface area contributed by atoms with Crippen molar-refractivity contribution in [3.63, 3.8) is 0 Å². The van der Waals surface area contributed by atoms with Crippen LogP contribution in [-0.2, 0) is 4.74 Å². The van der Waals surface area contributed by atoms with E-state index in [4.69, 9.17) is 4.74 Å². The van der Waals surface area contributed by atoms with Crippen LogP contribution in [0.1, 0.15) is 26.3 Å². The number of ether oxygens (including phenoxy) is 1. The van der Waals surface area contributed by atoms with Gasteiger partial charge in [-0.2, -0.15) is 0 Å². The van der Waals surface area contributed by atoms with Gasteiger partial charge in [-0.1, -0.05) is 0 Å². The first-order valence-electron chi connectivity index (χ1n) is 6.09. The fourth-order valence-electron chi connectivity index (χ4n) is 1.71. The fraction of sp³-hybridized carbons (Fsp3) is 0.538. The molecule has 1 aromatic carbocycles. The van der Waals surface area contributed by atoms with Crippen LogP contribution < -0.4 is 5.32 Å². The summed E-state index contributed by atoms with van der Waals surface area (Å²) in [6, 6.07) is 2.38. The summed E-state index contributed by atoms with van der Waals surface area (Å²) < 4.78 is 18.9. The third-order valence-electron chi connectivity index (χ3n) is 2.71. The Kier molecular flexibility index (Phi) is 4.83. The lowest BCUT2D eigenvalue weighted by molar-refractivity contribution is -0.384. The maximum Gasteiger partial charge on any atom is 0.295 e. The van der Waals surface area contributed by atoms with Gasteiger partial charge < -0.3 is 10.1 Å². The molecule has 1 rings (SSSR count). The molecule has 1 aromatic rings. The van der Waals surface area contributed by atoms with Crippen LogP contribution in [-0.4, -0.2) is 23.7 Å². The Bertz CT molecular complexity index is 475. The summed E-state index contributed by atoms with van der Waals surface area (Å²) in [5, 5.41) is 13.9. The van der Waals surface area contributed by atoms with E-state index in [1.807, 2.05) is 20.8 Å². The minimum absolute atomic E-state index is 0.268. The van der Waals surface area contributed by atoms with Gasteiger partial charge in [0.15, 0.2) is 0 Å². The standard InChI is InChI=1S/C13H19FN2O3/c1-5-19-13(3,4)8-15-11-6-9(2)10(14)7-12(11)16(17)18/h6-7,15H,5,8H2,1-4H3. The number of nitrogens with zero attached hydrogens (tertiary/aromatic N) is 1. The van der Waals surface area contributed by atoms with Crippen LogP contribution in [0.3, 0.4) is 0 Å². The van der Waals surface area contributed by atoms with Crippen molar-refractivity contribution in [1.82, 2.24) is 0 Å². The average Bonchev–Trinajstić information content (AvgIpc) is 2.30. The highest BCUT2D eigenvalue weighted by Crippen LogP contribution is 2.28. The van der Waals surface area contributed by atoms with E-state index in [1.54, 1.807) is 6.92 Å². The molecule has 0 aliphatic carbocycles. The van der Waals surface area contributed by atoms with Gasteiger partial charge >= 0.3 is 0 Å². The Balaban J connectivity index is 2.94. The smallest absolute Gasteiger partial charge is 0.295 e. The van der Waals surface area contributed by atoms with E-state index in [2.05, 4.69) is 5.32 Å². The maximum atomic E-state index is 13.4. The van der Waals surface area contributed by atoms with Crippen LogP contribution in [0.25, 0.3) is 0 Å². The Morgan fingerprint density at radius 1 is 1.47 bits per heavy atom. The van der Waals surface area contributed by atoms with Gasteiger partial charge in [0.25, 0.3) is 5.69 Å². The van der Waals surface area contributed by atoms with Crippen molar-refractivity contribution in [2.75, 3.05) is 18.5 Å². The number of nitro benzene ring substituents is 1. The van der Waals surface area contributed by atoms with Crippen molar-refractivity contribution in [3.05, 3.63) is 33.6 Å². The normalized spacial score (nSPS) is 11.4. The van der Waals surface area contributed by atoms with Crippen molar-refractivity contribution in [2.45, 2.75) is 33.3 Å². The molecule has 5 nitrogen and oxygen atoms in total. The molecular weight excluding hydrogens is 251 g/mol. The molecule has 0 fully saturated rings. The van der Waals surface area contributed by atoms with Crippen molar-refractivity contribution >= 4 is 11.4 Å². The number of hydrogen-bond donors (Lipinski definition) is 1. The Labute approximate surface area is 111 Å². The maximum absolute atomic E-state index is 13.4. The van der Waals surface area contributed by atoms with E-state index in [-0.39, 0.29) is 5.69 Å². The Hall–Kier alpha value is -1.69. The monoisotopic (exact) mass is 270 g/mol. The summed E-state index contributed by atoms with van der Waals surface area (Å²) in [6.45, 7) is 8.16. The number of nitrogens with one attached hydrogen (secondary N) is 1. The minimum Gasteiger partial charge on any atom is -0.377 e. The molecule has 1 N–H and O–H groups in total. The Morgan fingerprint density at radius 3 is 2.63 bits per heavy atom. The first kappa shape index (κ1) is 15.4. The van der Waals surface area contributed by atoms with Crippen LogP contribution in [0.5, 0.6) is 0 Å². The van der Waals surface area contributed by atoms with Crippen molar-refractivity contribution < 1.29 is 14.1 Å². The van der Waals surface area contributed by atoms with Crippen LogP contribution in [0.4, 0.5) is 15.8 Å². The number of anilines is 1. The molecule has 0 spiro atoms. The van der Waals surface area contributed by atoms with E-state index >= 15 is 0 Å². The molecule has 0 radical (unpaired) electrons. The summed E-state index contributed by atoms with van der Waals surface area (Å²) in [5.41, 5.74) is -0.0559. The fourth-order valence-corrected chi connectivity index (χ4v) is 1.71. The molecule has 0 aliphatic heterocycles. The number of aryl methyl sites for hydroxylation is 1. The van der Waals surface area contributed by atoms with Crippen LogP contribution in [0.15, 0.2) is 12.1 Å². The van der Waals surface area contributed by atoms with E-state index in [0.717, 1.165) is 6.07 Å². The lowest BCUT2D eigenvalue weighted by Gasteiger charge is -2.25. The van der Waals surface area contributed by atoms with Gasteiger partial charge in [0.05, 0.1) is 16.6 Å². The van der Waals surface area contributed by atoms with Gasteiger partial charge in [-0.3, -0.25) is 10.1 Å². The second-order valence-electron chi connectivity index (χ2n) is 4.92. The highest BCUT2D eigenvalue weighted by Gasteiger charge is 2.21. The van der Waals surface area contributed by atoms with Gasteiger partial charge in [0.2, 0.25) is 0 Å². The lowest BCUT2D eigenvalue weighted by atomic mass is 10.1. The first-order valence-corrected chi connectivity index (χ1v) is 6.09. The summed E-state index contributed by atoms with van der Waals surface area (Å²) in [6.07, 6.45) is 0. The molecule has 0 atom stereocenters. The number of nitro groups is 1. The number of hydrogen-bond acceptors (Lipinski definition) is 4. The molecular formula is C13H19FN2O3. The number of benzene rings is 1. The minimum atomic E-state index is -0.599. The molecule has 19 heavy (non-hydrogen) atoms. The molecule has 0 saturated heterocycles. The molecule has 106 valence electrons. The number of rotatable bonds is 6. The zero-order valence-corrected chi connectivity index (χ0v) is 11.6. The topological polar surface area (TPSA) is 64.4 Å². The quantitative estimate of drug-likeness (QED) is 0.636. The van der Waals surface area contributed by atoms with E-state index in [1.165, 1.54) is 6.07 Å². The number of halogens is 1. The van der Waals surface area contributed by atoms with E-state index < -0.39 is 16.3 Å². The zero-order chi connectivity index (χ0) is 14.6. The van der Waals surface area contributed by atoms with Crippen molar-refractivity contribution in [3.8, 4) is 0 Å². The second-order valence-corrected chi connectivity index (χ2v) is 4.92. The van der Waals surface area contributed by atoms with E-state index in [9.17, 15) is 14.5 Å². The molecule has 0 amide bonds. The summed E-state index contributed by atoms with van der Waals surface area (Å²) in [4.78, 5) is 10.3. The molecule has 0 aliphatic rings. The van der Waals surface area contributed by atoms with Gasteiger partial charge in [-0.05, 0) is 39.3 Å². The van der Waals surface area contributed by atoms with Crippen molar-refractivity contribution in [2.24, 2.45) is 0 Å². The summed E-state index contributed by atoms with van der Waals surface area (Å²) >= 11 is 0. The van der Waals surface area contributed by atoms with Crippen molar-refractivity contribution in [1.29, 1.82) is 0 Å². The molecule has 0 aromatic heterocycles. The molecule has 0 unspecified atom stereocenters. The largest absolute Gasteiger partial charge is 0.377 e. The first-order chi connectivity index (χ1) is 8.76. The third kappa shape index (κ3) is 4.17. The highest BCUT2D eigenvalue weighted by atomic mass is 19.1. The average molecular weight is 270 g/mol. The van der Waals surface area contributed by atoms with Gasteiger partial charge in [0.1, 0.15) is 11.5 Å². The van der Waals surface area contributed by atoms with Gasteiger partial charge in [-0.15, -0.1) is 0 Å². The van der Waals surface area contributed by atoms with Gasteiger partial charge in [-0.25, -0.2) is 4.39 Å². The lowest BCUT2D eigenvalue weighted by Crippen LogP contribution is -2.33. The van der Waals surface area contributed by atoms with Crippen LogP contribution >= 0.6 is 0 Å². The summed E-state index contributed by atoms with van der Waals surface area (Å²) in [7, 11) is 0. The predicted molar refractivity (Wildman–Crippen MR) is 72.0 cm³/mol. The highest BCUT2D eigenvalue weighted by molar-refractivity contribution is 5.63. The SMILES string of the molecule is CCOC(C)(C)CNc1cc(C)c(F)cc1[N+](=O)[O-]. The predicted octanol–water partition coefficient (Wildman–Crippen LogP) is 3.27. The molecule has 0 heterocycles. The summed E-state index contributed by atoms with van der Waals surface area (Å²) in [5.74, 6) is -0.582. The molecule has 0 bridgehead atoms. The molecule has 0 saturated carbocycles. The third-order valence-corrected chi connectivity index (χ3v) is 2.71. The zero-order valence-electron chi connectivity index (χ0n) is 11.6. The second kappa shape index (κ2) is 5.97. The molecule has 6 heteroatoms. The van der Waals surface area contributed by atoms with Crippen LogP contribution in [0, 0.1) is 22.9 Å².